The third kappa shape index (κ3) is 5.35. The summed E-state index contributed by atoms with van der Waals surface area (Å²) in [5, 5.41) is 21.8. The molecule has 0 radical (unpaired) electrons. The first kappa shape index (κ1) is 23.9. The number of halogens is 5. The maximum absolute atomic E-state index is 13.7. The van der Waals surface area contributed by atoms with Crippen molar-refractivity contribution in [3.8, 4) is 6.07 Å². The number of pyridine rings is 1. The lowest BCUT2D eigenvalue weighted by atomic mass is 9.83. The number of alkyl halides is 5. The molecule has 1 aliphatic carbocycles. The Kier molecular flexibility index (Phi) is 6.21. The molecular formula is C21H23F5N4O2. The molecule has 32 heavy (non-hydrogen) atoms. The molecule has 1 amide bonds. The monoisotopic (exact) mass is 458 g/mol. The van der Waals surface area contributed by atoms with E-state index in [1.165, 1.54) is 13.8 Å². The SMILES string of the molecule is CC(C)(O)CNC(=O)c1cc(C#N)n2c(CC3CCC(F)(F)CC3)c(C(F)(F)F)nc2c1. The number of nitrogens with zero attached hydrogens (tertiary/aromatic N) is 3. The first-order valence-corrected chi connectivity index (χ1v) is 10.1. The van der Waals surface area contributed by atoms with Crippen molar-refractivity contribution in [3.63, 3.8) is 0 Å². The third-order valence-electron chi connectivity index (χ3n) is 5.46. The number of rotatable bonds is 5. The van der Waals surface area contributed by atoms with Crippen LogP contribution in [0.2, 0.25) is 0 Å². The van der Waals surface area contributed by atoms with E-state index in [0.717, 1.165) is 16.5 Å². The Morgan fingerprint density at radius 2 is 1.94 bits per heavy atom. The van der Waals surface area contributed by atoms with Gasteiger partial charge in [0.05, 0.1) is 11.3 Å². The minimum absolute atomic E-state index is 0.0663. The number of hydrogen-bond acceptors (Lipinski definition) is 4. The Balaban J connectivity index is 2.03. The van der Waals surface area contributed by atoms with E-state index >= 15 is 0 Å². The first-order valence-electron chi connectivity index (χ1n) is 10.1. The summed E-state index contributed by atoms with van der Waals surface area (Å²) in [6.45, 7) is 2.82. The van der Waals surface area contributed by atoms with Crippen LogP contribution >= 0.6 is 0 Å². The van der Waals surface area contributed by atoms with E-state index in [4.69, 9.17) is 0 Å². The summed E-state index contributed by atoms with van der Waals surface area (Å²) in [7, 11) is 0. The number of hydrogen-bond donors (Lipinski definition) is 2. The van der Waals surface area contributed by atoms with Crippen LogP contribution in [0.1, 0.15) is 67.0 Å². The van der Waals surface area contributed by atoms with E-state index < -0.39 is 48.1 Å². The van der Waals surface area contributed by atoms with Gasteiger partial charge in [0.15, 0.2) is 5.69 Å². The summed E-state index contributed by atoms with van der Waals surface area (Å²) in [5.41, 5.74) is -3.22. The molecule has 2 aromatic rings. The van der Waals surface area contributed by atoms with Crippen molar-refractivity contribution in [2.75, 3.05) is 6.54 Å². The van der Waals surface area contributed by atoms with E-state index in [9.17, 15) is 37.1 Å². The quantitative estimate of drug-likeness (QED) is 0.661. The summed E-state index contributed by atoms with van der Waals surface area (Å²) in [4.78, 5) is 16.1. The van der Waals surface area contributed by atoms with Gasteiger partial charge in [-0.3, -0.25) is 9.20 Å². The summed E-state index contributed by atoms with van der Waals surface area (Å²) in [6.07, 6.45) is -5.65. The van der Waals surface area contributed by atoms with Crippen LogP contribution in [0.15, 0.2) is 12.1 Å². The largest absolute Gasteiger partial charge is 0.435 e. The zero-order valence-corrected chi connectivity index (χ0v) is 17.6. The number of imidazole rings is 1. The molecule has 1 saturated carbocycles. The molecule has 11 heteroatoms. The molecule has 0 atom stereocenters. The highest BCUT2D eigenvalue weighted by Gasteiger charge is 2.41. The molecule has 2 heterocycles. The Bertz CT molecular complexity index is 1050. The summed E-state index contributed by atoms with van der Waals surface area (Å²) >= 11 is 0. The van der Waals surface area contributed by atoms with Gasteiger partial charge in [0, 0.05) is 24.9 Å². The van der Waals surface area contributed by atoms with Gasteiger partial charge in [-0.1, -0.05) is 0 Å². The number of nitriles is 1. The molecule has 6 nitrogen and oxygen atoms in total. The Labute approximate surface area is 181 Å². The number of amides is 1. The normalized spacial score (nSPS) is 17.3. The molecule has 0 saturated heterocycles. The van der Waals surface area contributed by atoms with E-state index in [2.05, 4.69) is 10.3 Å². The van der Waals surface area contributed by atoms with E-state index in [1.54, 1.807) is 6.07 Å². The van der Waals surface area contributed by atoms with Crippen LogP contribution in [0.3, 0.4) is 0 Å². The predicted molar refractivity (Wildman–Crippen MR) is 104 cm³/mol. The van der Waals surface area contributed by atoms with Crippen molar-refractivity contribution in [1.82, 2.24) is 14.7 Å². The van der Waals surface area contributed by atoms with E-state index in [1.807, 2.05) is 0 Å². The number of carbonyl (C=O) groups excluding carboxylic acids is 1. The van der Waals surface area contributed by atoms with Gasteiger partial charge in [-0.05, 0) is 51.2 Å². The fourth-order valence-corrected chi connectivity index (χ4v) is 3.84. The van der Waals surface area contributed by atoms with Crippen molar-refractivity contribution in [1.29, 1.82) is 5.26 Å². The molecule has 0 unspecified atom stereocenters. The number of aliphatic hydroxyl groups is 1. The summed E-state index contributed by atoms with van der Waals surface area (Å²) in [5.74, 6) is -3.90. The van der Waals surface area contributed by atoms with Crippen molar-refractivity contribution in [3.05, 3.63) is 34.8 Å². The molecule has 2 aromatic heterocycles. The zero-order valence-electron chi connectivity index (χ0n) is 17.6. The van der Waals surface area contributed by atoms with E-state index in [-0.39, 0.29) is 48.4 Å². The summed E-state index contributed by atoms with van der Waals surface area (Å²) < 4.78 is 69.1. The molecule has 0 aromatic carbocycles. The Hall–Kier alpha value is -2.74. The second-order valence-corrected chi connectivity index (χ2v) is 8.84. The van der Waals surface area contributed by atoms with Gasteiger partial charge in [0.1, 0.15) is 17.4 Å². The minimum Gasteiger partial charge on any atom is -0.389 e. The van der Waals surface area contributed by atoms with Crippen LogP contribution < -0.4 is 5.32 Å². The van der Waals surface area contributed by atoms with Gasteiger partial charge in [0.25, 0.3) is 5.91 Å². The molecule has 174 valence electrons. The Morgan fingerprint density at radius 1 is 1.31 bits per heavy atom. The van der Waals surface area contributed by atoms with Gasteiger partial charge in [-0.15, -0.1) is 0 Å². The fourth-order valence-electron chi connectivity index (χ4n) is 3.84. The van der Waals surface area contributed by atoms with Gasteiger partial charge in [0.2, 0.25) is 5.92 Å². The molecule has 1 fully saturated rings. The fraction of sp³-hybridized carbons (Fsp3) is 0.571. The molecule has 2 N–H and O–H groups in total. The minimum atomic E-state index is -4.82. The average molecular weight is 458 g/mol. The van der Waals surface area contributed by atoms with Crippen LogP contribution in [0.25, 0.3) is 5.65 Å². The standard InChI is InChI=1S/C21H23F5N4O2/c1-19(2,32)11-28-18(31)13-8-14(10-27)30-15(7-12-3-5-20(22,23)6-4-12)17(21(24,25)26)29-16(30)9-13/h8-9,12,32H,3-7,11H2,1-2H3,(H,28,31). The lowest BCUT2D eigenvalue weighted by Crippen LogP contribution is -2.38. The van der Waals surface area contributed by atoms with Gasteiger partial charge < -0.3 is 10.4 Å². The van der Waals surface area contributed by atoms with Crippen molar-refractivity contribution in [2.45, 2.75) is 63.7 Å². The van der Waals surface area contributed by atoms with Crippen molar-refractivity contribution >= 4 is 11.6 Å². The van der Waals surface area contributed by atoms with Crippen LogP contribution in [0.4, 0.5) is 22.0 Å². The molecule has 0 aliphatic heterocycles. The lowest BCUT2D eigenvalue weighted by molar-refractivity contribution is -0.141. The van der Waals surface area contributed by atoms with Crippen LogP contribution in [0.5, 0.6) is 0 Å². The highest BCUT2D eigenvalue weighted by molar-refractivity contribution is 5.95. The lowest BCUT2D eigenvalue weighted by Gasteiger charge is -2.28. The number of carbonyl (C=O) groups is 1. The molecular weight excluding hydrogens is 435 g/mol. The molecule has 3 rings (SSSR count). The highest BCUT2D eigenvalue weighted by atomic mass is 19.4. The van der Waals surface area contributed by atoms with Gasteiger partial charge in [-0.25, -0.2) is 13.8 Å². The first-order chi connectivity index (χ1) is 14.7. The number of fused-ring (bicyclic) bond motifs is 1. The topological polar surface area (TPSA) is 90.4 Å². The smallest absolute Gasteiger partial charge is 0.389 e. The average Bonchev–Trinajstić information content (AvgIpc) is 3.05. The second kappa shape index (κ2) is 8.31. The van der Waals surface area contributed by atoms with Crippen LogP contribution in [-0.2, 0) is 12.6 Å². The third-order valence-corrected chi connectivity index (χ3v) is 5.46. The van der Waals surface area contributed by atoms with E-state index in [0.29, 0.717) is 0 Å². The second-order valence-electron chi connectivity index (χ2n) is 8.84. The number of nitrogens with one attached hydrogen (secondary N) is 1. The van der Waals surface area contributed by atoms with Crippen molar-refractivity contribution < 1.29 is 31.9 Å². The molecule has 0 spiro atoms. The molecule has 1 aliphatic rings. The van der Waals surface area contributed by atoms with Gasteiger partial charge in [-0.2, -0.15) is 18.4 Å². The van der Waals surface area contributed by atoms with Crippen LogP contribution in [-0.4, -0.2) is 38.5 Å². The summed E-state index contributed by atoms with van der Waals surface area (Å²) in [6, 6.07) is 4.08. The molecule has 0 bridgehead atoms. The predicted octanol–water partition coefficient (Wildman–Crippen LogP) is 4.09. The van der Waals surface area contributed by atoms with Crippen molar-refractivity contribution in [2.24, 2.45) is 5.92 Å². The Morgan fingerprint density at radius 3 is 2.47 bits per heavy atom. The van der Waals surface area contributed by atoms with Gasteiger partial charge >= 0.3 is 6.18 Å². The highest BCUT2D eigenvalue weighted by Crippen LogP contribution is 2.40. The van der Waals surface area contributed by atoms with Crippen LogP contribution in [0, 0.1) is 17.2 Å². The maximum Gasteiger partial charge on any atom is 0.435 e. The zero-order chi connectivity index (χ0) is 23.9. The maximum atomic E-state index is 13.7. The number of aromatic nitrogens is 2.